The van der Waals surface area contributed by atoms with Gasteiger partial charge >= 0.3 is 0 Å². The number of hydrogen-bond acceptors (Lipinski definition) is 5. The molecule has 0 aliphatic heterocycles. The SMILES string of the molecule is CCc1ccc(NC(=O)CS(=O)(=O)C(CC)C(=O)Nc2ccc(O)cc2)cc1. The van der Waals surface area contributed by atoms with Crippen molar-refractivity contribution in [1.82, 2.24) is 0 Å². The number of carbonyl (C=O) groups excluding carboxylic acids is 2. The summed E-state index contributed by atoms with van der Waals surface area (Å²) in [5.74, 6) is -2.17. The fraction of sp³-hybridized carbons (Fsp3) is 0.300. The number of amides is 2. The molecule has 0 saturated heterocycles. The van der Waals surface area contributed by atoms with Crippen molar-refractivity contribution in [1.29, 1.82) is 0 Å². The van der Waals surface area contributed by atoms with Gasteiger partial charge in [-0.05, 0) is 54.8 Å². The Morgan fingerprint density at radius 3 is 2.00 bits per heavy atom. The summed E-state index contributed by atoms with van der Waals surface area (Å²) >= 11 is 0. The van der Waals surface area contributed by atoms with E-state index in [0.29, 0.717) is 11.4 Å². The van der Waals surface area contributed by atoms with Gasteiger partial charge in [0.15, 0.2) is 9.84 Å². The third kappa shape index (κ3) is 5.82. The number of carbonyl (C=O) groups is 2. The van der Waals surface area contributed by atoms with Crippen LogP contribution in [0, 0.1) is 0 Å². The van der Waals surface area contributed by atoms with Gasteiger partial charge in [0.1, 0.15) is 16.8 Å². The molecule has 2 aromatic carbocycles. The fourth-order valence-corrected chi connectivity index (χ4v) is 4.21. The molecule has 1 unspecified atom stereocenters. The van der Waals surface area contributed by atoms with Crippen LogP contribution >= 0.6 is 0 Å². The number of benzene rings is 2. The molecule has 2 amide bonds. The smallest absolute Gasteiger partial charge is 0.242 e. The van der Waals surface area contributed by atoms with Gasteiger partial charge in [-0.2, -0.15) is 0 Å². The first-order valence-corrected chi connectivity index (χ1v) is 10.7. The van der Waals surface area contributed by atoms with E-state index < -0.39 is 32.7 Å². The fourth-order valence-electron chi connectivity index (χ4n) is 2.67. The predicted octanol–water partition coefficient (Wildman–Crippen LogP) is 2.73. The van der Waals surface area contributed by atoms with Crippen molar-refractivity contribution in [3.8, 4) is 5.75 Å². The van der Waals surface area contributed by atoms with Crippen LogP contribution in [-0.4, -0.2) is 36.3 Å². The Bertz CT molecular complexity index is 922. The van der Waals surface area contributed by atoms with E-state index in [1.54, 1.807) is 19.1 Å². The molecule has 0 aromatic heterocycles. The minimum atomic E-state index is -4.01. The molecule has 2 aromatic rings. The van der Waals surface area contributed by atoms with Gasteiger partial charge in [-0.3, -0.25) is 9.59 Å². The highest BCUT2D eigenvalue weighted by atomic mass is 32.2. The molecule has 0 fully saturated rings. The summed E-state index contributed by atoms with van der Waals surface area (Å²) in [5.41, 5.74) is 1.96. The maximum absolute atomic E-state index is 12.6. The second kappa shape index (κ2) is 9.36. The summed E-state index contributed by atoms with van der Waals surface area (Å²) in [6, 6.07) is 12.8. The Labute approximate surface area is 164 Å². The molecule has 0 saturated carbocycles. The molecule has 0 aliphatic carbocycles. The van der Waals surface area contributed by atoms with Crippen LogP contribution in [0.2, 0.25) is 0 Å². The van der Waals surface area contributed by atoms with Crippen LogP contribution in [-0.2, 0) is 25.8 Å². The Balaban J connectivity index is 2.03. The van der Waals surface area contributed by atoms with E-state index in [9.17, 15) is 23.1 Å². The highest BCUT2D eigenvalue weighted by Gasteiger charge is 2.33. The molecule has 0 spiro atoms. The minimum absolute atomic E-state index is 0.0290. The van der Waals surface area contributed by atoms with Crippen molar-refractivity contribution in [3.63, 3.8) is 0 Å². The third-order valence-corrected chi connectivity index (χ3v) is 6.29. The van der Waals surface area contributed by atoms with E-state index in [0.717, 1.165) is 12.0 Å². The molecule has 2 rings (SSSR count). The second-order valence-electron chi connectivity index (χ2n) is 6.34. The molecule has 150 valence electrons. The van der Waals surface area contributed by atoms with Gasteiger partial charge in [0, 0.05) is 11.4 Å². The summed E-state index contributed by atoms with van der Waals surface area (Å²) in [4.78, 5) is 24.6. The van der Waals surface area contributed by atoms with Crippen molar-refractivity contribution in [3.05, 3.63) is 54.1 Å². The molecule has 0 heterocycles. The monoisotopic (exact) mass is 404 g/mol. The first-order chi connectivity index (χ1) is 13.2. The topological polar surface area (TPSA) is 113 Å². The Morgan fingerprint density at radius 1 is 0.929 bits per heavy atom. The van der Waals surface area contributed by atoms with Crippen LogP contribution in [0.3, 0.4) is 0 Å². The van der Waals surface area contributed by atoms with E-state index in [-0.39, 0.29) is 12.2 Å². The second-order valence-corrected chi connectivity index (χ2v) is 8.52. The number of aromatic hydroxyl groups is 1. The summed E-state index contributed by atoms with van der Waals surface area (Å²) in [5, 5.41) is 13.0. The molecule has 1 atom stereocenters. The molecule has 3 N–H and O–H groups in total. The molecular formula is C20H24N2O5S. The number of hydrogen-bond donors (Lipinski definition) is 3. The van der Waals surface area contributed by atoms with Gasteiger partial charge in [-0.1, -0.05) is 26.0 Å². The number of anilines is 2. The van der Waals surface area contributed by atoms with Gasteiger partial charge in [0.25, 0.3) is 0 Å². The molecule has 0 aliphatic rings. The van der Waals surface area contributed by atoms with Gasteiger partial charge in [-0.15, -0.1) is 0 Å². The summed E-state index contributed by atoms with van der Waals surface area (Å²) < 4.78 is 25.2. The number of phenols is 1. The zero-order chi connectivity index (χ0) is 20.7. The average Bonchev–Trinajstić information content (AvgIpc) is 2.64. The Kier molecular flexibility index (Phi) is 7.17. The summed E-state index contributed by atoms with van der Waals surface area (Å²) in [7, 11) is -4.01. The highest BCUT2D eigenvalue weighted by molar-refractivity contribution is 7.93. The lowest BCUT2D eigenvalue weighted by Crippen LogP contribution is -2.39. The van der Waals surface area contributed by atoms with Crippen LogP contribution in [0.4, 0.5) is 11.4 Å². The number of aryl methyl sites for hydroxylation is 1. The third-order valence-electron chi connectivity index (χ3n) is 4.21. The van der Waals surface area contributed by atoms with Gasteiger partial charge in [-0.25, -0.2) is 8.42 Å². The van der Waals surface area contributed by atoms with Crippen molar-refractivity contribution in [2.24, 2.45) is 0 Å². The lowest BCUT2D eigenvalue weighted by atomic mass is 10.1. The van der Waals surface area contributed by atoms with Crippen LogP contribution in [0.25, 0.3) is 0 Å². The predicted molar refractivity (Wildman–Crippen MR) is 109 cm³/mol. The standard InChI is InChI=1S/C20H24N2O5S/c1-3-14-5-7-15(8-6-14)21-19(24)13-28(26,27)18(4-2)20(25)22-16-9-11-17(23)12-10-16/h5-12,18,23H,3-4,13H2,1-2H3,(H,21,24)(H,22,25). The van der Waals surface area contributed by atoms with Gasteiger partial charge in [0.05, 0.1) is 0 Å². The van der Waals surface area contributed by atoms with Crippen LogP contribution in [0.15, 0.2) is 48.5 Å². The molecule has 28 heavy (non-hydrogen) atoms. The van der Waals surface area contributed by atoms with Gasteiger partial charge in [0.2, 0.25) is 11.8 Å². The minimum Gasteiger partial charge on any atom is -0.508 e. The van der Waals surface area contributed by atoms with E-state index in [2.05, 4.69) is 10.6 Å². The van der Waals surface area contributed by atoms with Crippen LogP contribution in [0.5, 0.6) is 5.75 Å². The maximum Gasteiger partial charge on any atom is 0.242 e. The number of rotatable bonds is 8. The summed E-state index contributed by atoms with van der Waals surface area (Å²) in [6.45, 7) is 3.58. The molecule has 8 heteroatoms. The van der Waals surface area contributed by atoms with Crippen LogP contribution in [0.1, 0.15) is 25.8 Å². The maximum atomic E-state index is 12.6. The quantitative estimate of drug-likeness (QED) is 0.586. The lowest BCUT2D eigenvalue weighted by molar-refractivity contribution is -0.115. The van der Waals surface area contributed by atoms with E-state index >= 15 is 0 Å². The molecule has 0 radical (unpaired) electrons. The highest BCUT2D eigenvalue weighted by Crippen LogP contribution is 2.17. The van der Waals surface area contributed by atoms with Crippen molar-refractivity contribution in [2.75, 3.05) is 16.4 Å². The van der Waals surface area contributed by atoms with E-state index in [1.165, 1.54) is 24.3 Å². The average molecular weight is 404 g/mol. The number of phenolic OH excluding ortho intramolecular Hbond substituents is 1. The lowest BCUT2D eigenvalue weighted by Gasteiger charge is -2.16. The van der Waals surface area contributed by atoms with Crippen molar-refractivity contribution in [2.45, 2.75) is 31.9 Å². The molecule has 0 bridgehead atoms. The van der Waals surface area contributed by atoms with Crippen molar-refractivity contribution < 1.29 is 23.1 Å². The zero-order valence-corrected chi connectivity index (χ0v) is 16.6. The number of nitrogens with one attached hydrogen (secondary N) is 2. The van der Waals surface area contributed by atoms with Crippen molar-refractivity contribution >= 4 is 33.0 Å². The zero-order valence-electron chi connectivity index (χ0n) is 15.8. The van der Waals surface area contributed by atoms with E-state index in [4.69, 9.17) is 0 Å². The van der Waals surface area contributed by atoms with E-state index in [1.807, 2.05) is 19.1 Å². The largest absolute Gasteiger partial charge is 0.508 e. The van der Waals surface area contributed by atoms with Gasteiger partial charge < -0.3 is 15.7 Å². The summed E-state index contributed by atoms with van der Waals surface area (Å²) in [6.07, 6.45) is 0.891. The molecular weight excluding hydrogens is 380 g/mol. The Morgan fingerprint density at radius 2 is 1.46 bits per heavy atom. The van der Waals surface area contributed by atoms with Crippen LogP contribution < -0.4 is 10.6 Å². The first-order valence-electron chi connectivity index (χ1n) is 8.95. The number of sulfone groups is 1. The normalized spacial score (nSPS) is 12.2. The Hall–Kier alpha value is -2.87. The molecule has 7 nitrogen and oxygen atoms in total. The first kappa shape index (κ1) is 21.4.